The minimum absolute atomic E-state index is 0.257. The van der Waals surface area contributed by atoms with Crippen LogP contribution in [-0.4, -0.2) is 24.8 Å². The fraction of sp³-hybridized carbons (Fsp3) is 0.300. The Morgan fingerprint density at radius 1 is 0.920 bits per heavy atom. The van der Waals surface area contributed by atoms with E-state index < -0.39 is 0 Å². The second-order valence-electron chi connectivity index (χ2n) is 5.47. The molecule has 0 heterocycles. The maximum atomic E-state index is 12.2. The topological polar surface area (TPSA) is 59.9 Å². The molecule has 0 saturated carbocycles. The lowest BCUT2D eigenvalue weighted by Gasteiger charge is -2.07. The Hall–Kier alpha value is -2.82. The van der Waals surface area contributed by atoms with Crippen LogP contribution in [0.5, 0.6) is 11.5 Å². The summed E-state index contributed by atoms with van der Waals surface area (Å²) < 4.78 is 10.9. The molecule has 0 atom stereocenters. The van der Waals surface area contributed by atoms with Crippen molar-refractivity contribution in [2.75, 3.05) is 13.2 Å². The zero-order valence-electron chi connectivity index (χ0n) is 14.9. The first-order valence-corrected chi connectivity index (χ1v) is 8.44. The molecule has 25 heavy (non-hydrogen) atoms. The molecule has 0 spiro atoms. The Balaban J connectivity index is 1.96. The van der Waals surface area contributed by atoms with Crippen LogP contribution in [0, 0.1) is 0 Å². The van der Waals surface area contributed by atoms with Crippen molar-refractivity contribution < 1.29 is 14.3 Å². The minimum Gasteiger partial charge on any atom is -0.494 e. The quantitative estimate of drug-likeness (QED) is 0.583. The van der Waals surface area contributed by atoms with Crippen LogP contribution < -0.4 is 14.9 Å². The molecular weight excluding hydrogens is 316 g/mol. The summed E-state index contributed by atoms with van der Waals surface area (Å²) in [5.74, 6) is 1.31. The summed E-state index contributed by atoms with van der Waals surface area (Å²) in [5.41, 5.74) is 4.76. The molecule has 0 aliphatic carbocycles. The molecule has 1 N–H and O–H groups in total. The van der Waals surface area contributed by atoms with E-state index in [1.54, 1.807) is 24.3 Å². The van der Waals surface area contributed by atoms with Gasteiger partial charge in [0.1, 0.15) is 11.5 Å². The number of amides is 1. The monoisotopic (exact) mass is 340 g/mol. The molecule has 0 bridgehead atoms. The Bertz CT molecular complexity index is 707. The van der Waals surface area contributed by atoms with E-state index in [1.165, 1.54) is 0 Å². The number of ether oxygens (including phenoxy) is 2. The highest BCUT2D eigenvalue weighted by molar-refractivity contribution is 6.00. The second kappa shape index (κ2) is 9.47. The zero-order valence-corrected chi connectivity index (χ0v) is 14.9. The van der Waals surface area contributed by atoms with Crippen molar-refractivity contribution in [3.63, 3.8) is 0 Å². The van der Waals surface area contributed by atoms with Gasteiger partial charge in [-0.15, -0.1) is 0 Å². The van der Waals surface area contributed by atoms with Gasteiger partial charge in [0.25, 0.3) is 5.91 Å². The average molecular weight is 340 g/mol. The van der Waals surface area contributed by atoms with Gasteiger partial charge in [-0.2, -0.15) is 5.10 Å². The Labute approximate surface area is 148 Å². The van der Waals surface area contributed by atoms with Gasteiger partial charge in [-0.05, 0) is 74.4 Å². The smallest absolute Gasteiger partial charge is 0.271 e. The summed E-state index contributed by atoms with van der Waals surface area (Å²) in [5, 5.41) is 4.16. The number of nitrogens with zero attached hydrogens (tertiary/aromatic N) is 1. The molecular formula is C20H24N2O3. The van der Waals surface area contributed by atoms with Gasteiger partial charge in [0.2, 0.25) is 0 Å². The average Bonchev–Trinajstić information content (AvgIpc) is 2.65. The lowest BCUT2D eigenvalue weighted by molar-refractivity contribution is 0.0955. The predicted molar refractivity (Wildman–Crippen MR) is 99.5 cm³/mol. The van der Waals surface area contributed by atoms with Gasteiger partial charge in [-0.1, -0.05) is 6.92 Å². The molecule has 0 aromatic heterocycles. The molecule has 0 aliphatic rings. The first-order valence-electron chi connectivity index (χ1n) is 8.44. The normalized spacial score (nSPS) is 11.1. The molecule has 0 radical (unpaired) electrons. The third kappa shape index (κ3) is 5.64. The molecule has 5 nitrogen and oxygen atoms in total. The summed E-state index contributed by atoms with van der Waals surface area (Å²) >= 11 is 0. The van der Waals surface area contributed by atoms with E-state index in [0.717, 1.165) is 29.2 Å². The van der Waals surface area contributed by atoms with E-state index in [1.807, 2.05) is 45.0 Å². The molecule has 2 rings (SSSR count). The van der Waals surface area contributed by atoms with E-state index in [2.05, 4.69) is 10.5 Å². The molecule has 132 valence electrons. The van der Waals surface area contributed by atoms with Crippen molar-refractivity contribution in [2.24, 2.45) is 5.10 Å². The Morgan fingerprint density at radius 2 is 1.48 bits per heavy atom. The summed E-state index contributed by atoms with van der Waals surface area (Å²) in [4.78, 5) is 12.2. The molecule has 0 aliphatic heterocycles. The number of benzene rings is 2. The first-order chi connectivity index (χ1) is 12.1. The van der Waals surface area contributed by atoms with Gasteiger partial charge in [0.15, 0.2) is 0 Å². The van der Waals surface area contributed by atoms with Crippen LogP contribution in [0.25, 0.3) is 0 Å². The standard InChI is InChI=1S/C20H24N2O3/c1-4-14-25-19-12-8-17(9-13-19)20(23)22-21-15(3)16-6-10-18(11-7-16)24-5-2/h6-13H,4-5,14H2,1-3H3,(H,22,23)/b21-15-. The molecule has 1 amide bonds. The van der Waals surface area contributed by atoms with Crippen LogP contribution in [-0.2, 0) is 0 Å². The van der Waals surface area contributed by atoms with Crippen molar-refractivity contribution in [1.82, 2.24) is 5.43 Å². The maximum Gasteiger partial charge on any atom is 0.271 e. The van der Waals surface area contributed by atoms with Gasteiger partial charge in [-0.3, -0.25) is 4.79 Å². The van der Waals surface area contributed by atoms with Gasteiger partial charge in [0, 0.05) is 5.56 Å². The van der Waals surface area contributed by atoms with Gasteiger partial charge >= 0.3 is 0 Å². The number of hydrazone groups is 1. The molecule has 0 unspecified atom stereocenters. The van der Waals surface area contributed by atoms with Gasteiger partial charge in [0.05, 0.1) is 18.9 Å². The van der Waals surface area contributed by atoms with Crippen molar-refractivity contribution in [3.05, 3.63) is 59.7 Å². The van der Waals surface area contributed by atoms with Crippen LogP contribution in [0.2, 0.25) is 0 Å². The van der Waals surface area contributed by atoms with Gasteiger partial charge in [-0.25, -0.2) is 5.43 Å². The Morgan fingerprint density at radius 3 is 2.04 bits per heavy atom. The molecule has 5 heteroatoms. The molecule has 0 saturated heterocycles. The van der Waals surface area contributed by atoms with Crippen LogP contribution >= 0.6 is 0 Å². The highest BCUT2D eigenvalue weighted by atomic mass is 16.5. The van der Waals surface area contributed by atoms with Crippen molar-refractivity contribution >= 4 is 11.6 Å². The van der Waals surface area contributed by atoms with Crippen molar-refractivity contribution in [2.45, 2.75) is 27.2 Å². The number of rotatable bonds is 8. The van der Waals surface area contributed by atoms with E-state index in [9.17, 15) is 4.79 Å². The largest absolute Gasteiger partial charge is 0.494 e. The van der Waals surface area contributed by atoms with Crippen LogP contribution in [0.3, 0.4) is 0 Å². The third-order valence-electron chi connectivity index (χ3n) is 3.50. The highest BCUT2D eigenvalue weighted by Crippen LogP contribution is 2.14. The Kier molecular flexibility index (Phi) is 7.01. The third-order valence-corrected chi connectivity index (χ3v) is 3.50. The molecule has 0 fully saturated rings. The fourth-order valence-electron chi connectivity index (χ4n) is 2.15. The van der Waals surface area contributed by atoms with E-state index in [4.69, 9.17) is 9.47 Å². The van der Waals surface area contributed by atoms with Gasteiger partial charge < -0.3 is 9.47 Å². The zero-order chi connectivity index (χ0) is 18.1. The van der Waals surface area contributed by atoms with E-state index >= 15 is 0 Å². The number of carbonyl (C=O) groups excluding carboxylic acids is 1. The summed E-state index contributed by atoms with van der Waals surface area (Å²) in [7, 11) is 0. The summed E-state index contributed by atoms with van der Waals surface area (Å²) in [6, 6.07) is 14.6. The SMILES string of the molecule is CCCOc1ccc(C(=O)N/N=C(/C)c2ccc(OCC)cc2)cc1. The predicted octanol–water partition coefficient (Wildman–Crippen LogP) is 4.03. The number of nitrogens with one attached hydrogen (secondary N) is 1. The number of hydrogen-bond donors (Lipinski definition) is 1. The lowest BCUT2D eigenvalue weighted by atomic mass is 10.1. The van der Waals surface area contributed by atoms with Crippen molar-refractivity contribution in [3.8, 4) is 11.5 Å². The van der Waals surface area contributed by atoms with Crippen LogP contribution in [0.15, 0.2) is 53.6 Å². The second-order valence-corrected chi connectivity index (χ2v) is 5.47. The number of hydrogen-bond acceptors (Lipinski definition) is 4. The summed E-state index contributed by atoms with van der Waals surface area (Å²) in [6.45, 7) is 7.13. The molecule has 2 aromatic carbocycles. The highest BCUT2D eigenvalue weighted by Gasteiger charge is 2.05. The lowest BCUT2D eigenvalue weighted by Crippen LogP contribution is -2.19. The minimum atomic E-state index is -0.257. The fourth-order valence-corrected chi connectivity index (χ4v) is 2.15. The van der Waals surface area contributed by atoms with Crippen LogP contribution in [0.1, 0.15) is 43.1 Å². The maximum absolute atomic E-state index is 12.2. The molecule has 2 aromatic rings. The number of carbonyl (C=O) groups is 1. The van der Waals surface area contributed by atoms with E-state index in [0.29, 0.717) is 18.8 Å². The first kappa shape index (κ1) is 18.5. The van der Waals surface area contributed by atoms with Crippen molar-refractivity contribution in [1.29, 1.82) is 0 Å². The van der Waals surface area contributed by atoms with Crippen LogP contribution in [0.4, 0.5) is 0 Å². The summed E-state index contributed by atoms with van der Waals surface area (Å²) in [6.07, 6.45) is 0.946. The van der Waals surface area contributed by atoms with E-state index in [-0.39, 0.29) is 5.91 Å².